The van der Waals surface area contributed by atoms with Crippen LogP contribution in [0.5, 0.6) is 0 Å². The number of hydrogen-bond acceptors (Lipinski definition) is 7. The Kier molecular flexibility index (Phi) is 5.65. The lowest BCUT2D eigenvalue weighted by Gasteiger charge is -2.62. The second-order valence-electron chi connectivity index (χ2n) is 11.4. The average Bonchev–Trinajstić information content (AvgIpc) is 3.44. The molecule has 0 spiro atoms. The number of morpholine rings is 2. The van der Waals surface area contributed by atoms with E-state index in [1.54, 1.807) is 22.0 Å². The molecule has 9 unspecified atom stereocenters. The number of ether oxygens (including phenoxy) is 2. The third-order valence-electron chi connectivity index (χ3n) is 9.72. The molecule has 0 bridgehead atoms. The number of rotatable bonds is 2. The molecule has 1 aromatic heterocycles. The number of alkyl halides is 1. The van der Waals surface area contributed by atoms with Gasteiger partial charge in [-0.05, 0) is 37.5 Å². The summed E-state index contributed by atoms with van der Waals surface area (Å²) in [5.41, 5.74) is 0.210. The fraction of sp³-hybridized carbons (Fsp3) is 0.769. The summed E-state index contributed by atoms with van der Waals surface area (Å²) in [6.07, 6.45) is 10.1. The first-order valence-corrected chi connectivity index (χ1v) is 13.7. The zero-order valence-electron chi connectivity index (χ0n) is 20.5. The minimum Gasteiger partial charge on any atom is -0.378 e. The van der Waals surface area contributed by atoms with E-state index >= 15 is 4.39 Å². The standard InChI is InChI=1S/C26H34FN5O4/c27-19-13-17-22-25(23(19)32-8-7-28-29-32)36-20-6-5-15-3-1-2-4-16(15)21(20)31(22)14-18(24(17)33)26(34)30-9-11-35-12-10-30/h7-8,14-17,19-23,25H,1-6,9-13H2. The molecule has 9 nitrogen and oxygen atoms in total. The number of fused-ring (bicyclic) bond motifs is 4. The highest BCUT2D eigenvalue weighted by molar-refractivity contribution is 6.20. The molecule has 3 saturated carbocycles. The van der Waals surface area contributed by atoms with Gasteiger partial charge in [-0.1, -0.05) is 24.5 Å². The van der Waals surface area contributed by atoms with Crippen LogP contribution < -0.4 is 0 Å². The normalized spacial score (nSPS) is 42.2. The molecular formula is C26H34FN5O4. The third kappa shape index (κ3) is 3.47. The molecule has 3 aliphatic heterocycles. The Morgan fingerprint density at radius 2 is 1.89 bits per heavy atom. The van der Waals surface area contributed by atoms with E-state index in [2.05, 4.69) is 15.2 Å². The van der Waals surface area contributed by atoms with Gasteiger partial charge in [0, 0.05) is 31.4 Å². The van der Waals surface area contributed by atoms with Gasteiger partial charge in [0.2, 0.25) is 0 Å². The molecule has 1 amide bonds. The second kappa shape index (κ2) is 8.90. The van der Waals surface area contributed by atoms with Crippen LogP contribution in [0.1, 0.15) is 51.0 Å². The van der Waals surface area contributed by atoms with Crippen LogP contribution >= 0.6 is 0 Å². The number of hydrogen-bond donors (Lipinski definition) is 0. The van der Waals surface area contributed by atoms with Crippen LogP contribution in [-0.2, 0) is 19.1 Å². The van der Waals surface area contributed by atoms with Crippen LogP contribution in [0.15, 0.2) is 24.2 Å². The van der Waals surface area contributed by atoms with Gasteiger partial charge < -0.3 is 19.3 Å². The van der Waals surface area contributed by atoms with Crippen molar-refractivity contribution >= 4 is 11.7 Å². The number of nitrogens with zero attached hydrogens (tertiary/aromatic N) is 5. The van der Waals surface area contributed by atoms with Gasteiger partial charge in [-0.25, -0.2) is 9.07 Å². The summed E-state index contributed by atoms with van der Waals surface area (Å²) in [5, 5.41) is 8.04. The minimum absolute atomic E-state index is 0.0493. The molecule has 194 valence electrons. The number of halogens is 1. The number of carbonyl (C=O) groups excluding carboxylic acids is 2. The van der Waals surface area contributed by atoms with Gasteiger partial charge in [0.1, 0.15) is 18.3 Å². The highest BCUT2D eigenvalue weighted by Crippen LogP contribution is 2.52. The molecule has 3 aliphatic carbocycles. The molecule has 0 radical (unpaired) electrons. The lowest BCUT2D eigenvalue weighted by atomic mass is 9.63. The molecule has 2 saturated heterocycles. The summed E-state index contributed by atoms with van der Waals surface area (Å²) in [7, 11) is 0. The second-order valence-corrected chi connectivity index (χ2v) is 11.4. The van der Waals surface area contributed by atoms with Crippen molar-refractivity contribution in [3.05, 3.63) is 24.2 Å². The highest BCUT2D eigenvalue weighted by Gasteiger charge is 2.61. The maximum Gasteiger partial charge on any atom is 0.259 e. The molecule has 0 N–H and O–H groups in total. The zero-order valence-corrected chi connectivity index (χ0v) is 20.5. The van der Waals surface area contributed by atoms with E-state index in [9.17, 15) is 9.59 Å². The molecule has 36 heavy (non-hydrogen) atoms. The van der Waals surface area contributed by atoms with E-state index < -0.39 is 24.2 Å². The largest absolute Gasteiger partial charge is 0.378 e. The molecule has 9 atom stereocenters. The van der Waals surface area contributed by atoms with E-state index in [4.69, 9.17) is 9.47 Å². The maximum atomic E-state index is 15.8. The Morgan fingerprint density at radius 1 is 1.06 bits per heavy atom. The molecule has 10 heteroatoms. The van der Waals surface area contributed by atoms with Crippen LogP contribution in [0.4, 0.5) is 4.39 Å². The molecule has 7 rings (SSSR count). The fourth-order valence-electron chi connectivity index (χ4n) is 8.16. The van der Waals surface area contributed by atoms with Crippen LogP contribution in [0.3, 0.4) is 0 Å². The van der Waals surface area contributed by atoms with E-state index in [1.165, 1.54) is 19.3 Å². The van der Waals surface area contributed by atoms with Crippen LogP contribution in [0.25, 0.3) is 0 Å². The molecular weight excluding hydrogens is 465 g/mol. The van der Waals surface area contributed by atoms with Gasteiger partial charge in [0.25, 0.3) is 5.91 Å². The van der Waals surface area contributed by atoms with Gasteiger partial charge >= 0.3 is 0 Å². The number of amides is 1. The van der Waals surface area contributed by atoms with Gasteiger partial charge in [0.05, 0.1) is 43.2 Å². The maximum absolute atomic E-state index is 15.8. The summed E-state index contributed by atoms with van der Waals surface area (Å²) in [4.78, 5) is 31.4. The molecule has 6 aliphatic rings. The topological polar surface area (TPSA) is 89.8 Å². The summed E-state index contributed by atoms with van der Waals surface area (Å²) < 4.78 is 29.6. The van der Waals surface area contributed by atoms with Crippen LogP contribution in [-0.4, -0.2) is 93.3 Å². The Balaban J connectivity index is 1.31. The first kappa shape index (κ1) is 22.8. The van der Waals surface area contributed by atoms with Crippen LogP contribution in [0.2, 0.25) is 0 Å². The van der Waals surface area contributed by atoms with Crippen molar-refractivity contribution in [3.63, 3.8) is 0 Å². The van der Waals surface area contributed by atoms with Crippen molar-refractivity contribution in [1.29, 1.82) is 0 Å². The monoisotopic (exact) mass is 499 g/mol. The summed E-state index contributed by atoms with van der Waals surface area (Å²) in [5.74, 6) is 0.0178. The third-order valence-corrected chi connectivity index (χ3v) is 9.72. The Bertz CT molecular complexity index is 1040. The van der Waals surface area contributed by atoms with Crippen molar-refractivity contribution in [1.82, 2.24) is 24.8 Å². The van der Waals surface area contributed by atoms with Gasteiger partial charge in [-0.2, -0.15) is 0 Å². The van der Waals surface area contributed by atoms with Crippen LogP contribution in [0, 0.1) is 17.8 Å². The summed E-state index contributed by atoms with van der Waals surface area (Å²) in [6, 6.07) is -0.832. The number of Topliss-reactive ketones (excluding diaryl/α,β-unsaturated/α-hetero) is 1. The van der Waals surface area contributed by atoms with Gasteiger partial charge in [0.15, 0.2) is 5.78 Å². The van der Waals surface area contributed by atoms with Crippen molar-refractivity contribution in [2.24, 2.45) is 17.8 Å². The van der Waals surface area contributed by atoms with Crippen molar-refractivity contribution in [3.8, 4) is 0 Å². The lowest BCUT2D eigenvalue weighted by Crippen LogP contribution is -2.71. The number of carbonyl (C=O) groups is 2. The predicted molar refractivity (Wildman–Crippen MR) is 125 cm³/mol. The van der Waals surface area contributed by atoms with Gasteiger partial charge in [-0.3, -0.25) is 9.59 Å². The number of ketones is 1. The first-order chi connectivity index (χ1) is 17.6. The lowest BCUT2D eigenvalue weighted by molar-refractivity contribution is -0.221. The molecule has 0 aromatic carbocycles. The highest BCUT2D eigenvalue weighted by atomic mass is 19.1. The summed E-state index contributed by atoms with van der Waals surface area (Å²) in [6.45, 7) is 1.89. The van der Waals surface area contributed by atoms with Crippen molar-refractivity contribution < 1.29 is 23.5 Å². The van der Waals surface area contributed by atoms with E-state index in [0.29, 0.717) is 38.1 Å². The van der Waals surface area contributed by atoms with Crippen molar-refractivity contribution in [2.45, 2.75) is 81.5 Å². The predicted octanol–water partition coefficient (Wildman–Crippen LogP) is 1.91. The molecule has 1 aromatic rings. The fourth-order valence-corrected chi connectivity index (χ4v) is 8.16. The van der Waals surface area contributed by atoms with Gasteiger partial charge in [-0.15, -0.1) is 5.10 Å². The van der Waals surface area contributed by atoms with E-state index in [0.717, 1.165) is 19.3 Å². The minimum atomic E-state index is -1.32. The Morgan fingerprint density at radius 3 is 2.69 bits per heavy atom. The SMILES string of the molecule is O=C1C(C(=O)N2CCOCC2)=CN2C3C(CCC4CCCCC43)OC3C2C1CC(F)C3n1ccnn1. The molecule has 4 heterocycles. The summed E-state index contributed by atoms with van der Waals surface area (Å²) >= 11 is 0. The first-order valence-electron chi connectivity index (χ1n) is 13.7. The van der Waals surface area contributed by atoms with E-state index in [1.807, 2.05) is 6.20 Å². The van der Waals surface area contributed by atoms with Crippen molar-refractivity contribution in [2.75, 3.05) is 26.3 Å². The number of aromatic nitrogens is 3. The Hall–Kier alpha value is -2.33. The zero-order chi connectivity index (χ0) is 24.4. The van der Waals surface area contributed by atoms with E-state index in [-0.39, 0.29) is 41.9 Å². The average molecular weight is 500 g/mol. The quantitative estimate of drug-likeness (QED) is 0.575. The molecule has 5 fully saturated rings. The Labute approximate surface area is 209 Å². The smallest absolute Gasteiger partial charge is 0.259 e.